The second-order valence-electron chi connectivity index (χ2n) is 4.42. The summed E-state index contributed by atoms with van der Waals surface area (Å²) < 4.78 is 0. The summed E-state index contributed by atoms with van der Waals surface area (Å²) in [6, 6.07) is 14.6. The normalized spacial score (nSPS) is 11.7. The van der Waals surface area contributed by atoms with Crippen molar-refractivity contribution in [3.8, 4) is 12.3 Å². The molecule has 0 aromatic heterocycles. The number of hydrogen-bond donors (Lipinski definition) is 2. The lowest BCUT2D eigenvalue weighted by atomic mass is 10.1. The fourth-order valence-corrected chi connectivity index (χ4v) is 1.74. The zero-order valence-electron chi connectivity index (χ0n) is 12.1. The molecule has 2 aromatic carbocycles. The minimum absolute atomic E-state index is 0.0690. The summed E-state index contributed by atoms with van der Waals surface area (Å²) in [6.07, 6.45) is 8.48. The first kappa shape index (κ1) is 16.3. The quantitative estimate of drug-likeness (QED) is 0.393. The molecule has 0 saturated carbocycles. The van der Waals surface area contributed by atoms with Crippen molar-refractivity contribution in [3.63, 3.8) is 0 Å². The molecule has 3 N–H and O–H groups in total. The van der Waals surface area contributed by atoms with Gasteiger partial charge in [-0.15, -0.1) is 11.5 Å². The Morgan fingerprint density at radius 3 is 2.65 bits per heavy atom. The Bertz CT molecular complexity index is 785. The van der Waals surface area contributed by atoms with Gasteiger partial charge in [-0.05, 0) is 35.4 Å². The summed E-state index contributed by atoms with van der Waals surface area (Å²) in [7, 11) is 0. The predicted molar refractivity (Wildman–Crippen MR) is 95.8 cm³/mol. The van der Waals surface area contributed by atoms with Crippen LogP contribution in [-0.2, 0) is 0 Å². The summed E-state index contributed by atoms with van der Waals surface area (Å²) in [5.74, 6) is 2.62. The number of benzene rings is 2. The van der Waals surface area contributed by atoms with E-state index in [2.05, 4.69) is 26.7 Å². The Morgan fingerprint density at radius 2 is 1.91 bits per heavy atom. The molecule has 2 rings (SSSR count). The minimum atomic E-state index is 0.0690. The lowest BCUT2D eigenvalue weighted by Crippen LogP contribution is -2.26. The van der Waals surface area contributed by atoms with E-state index >= 15 is 0 Å². The number of terminal acetylenes is 1. The number of halogens is 1. The number of nitrogens with zero attached hydrogens (tertiary/aromatic N) is 3. The zero-order chi connectivity index (χ0) is 16.5. The van der Waals surface area contributed by atoms with Gasteiger partial charge in [-0.3, -0.25) is 0 Å². The van der Waals surface area contributed by atoms with Crippen molar-refractivity contribution >= 4 is 30.0 Å². The second-order valence-corrected chi connectivity index (χ2v) is 4.86. The largest absolute Gasteiger partial charge is 0.367 e. The van der Waals surface area contributed by atoms with Gasteiger partial charge in [0.15, 0.2) is 0 Å². The van der Waals surface area contributed by atoms with Gasteiger partial charge in [0.1, 0.15) is 0 Å². The van der Waals surface area contributed by atoms with E-state index in [0.717, 1.165) is 16.7 Å². The molecule has 5 nitrogen and oxygen atoms in total. The van der Waals surface area contributed by atoms with Crippen LogP contribution in [0, 0.1) is 12.3 Å². The van der Waals surface area contributed by atoms with E-state index in [1.54, 1.807) is 24.6 Å². The van der Waals surface area contributed by atoms with E-state index in [1.807, 2.05) is 36.4 Å². The molecule has 2 aromatic rings. The average Bonchev–Trinajstić information content (AvgIpc) is 2.57. The van der Waals surface area contributed by atoms with E-state index in [4.69, 9.17) is 23.8 Å². The molecule has 0 aliphatic carbocycles. The highest BCUT2D eigenvalue weighted by Gasteiger charge is 1.91. The molecule has 0 fully saturated rings. The maximum absolute atomic E-state index is 5.79. The third-order valence-electron chi connectivity index (χ3n) is 2.69. The number of hydrazone groups is 1. The van der Waals surface area contributed by atoms with Gasteiger partial charge in [-0.2, -0.15) is 10.2 Å². The van der Waals surface area contributed by atoms with Crippen LogP contribution in [0.15, 0.2) is 63.8 Å². The average molecular weight is 324 g/mol. The maximum Gasteiger partial charge on any atom is 0.234 e. The maximum atomic E-state index is 5.79. The first-order chi connectivity index (χ1) is 11.2. The number of guanidine groups is 1. The molecule has 0 saturated heterocycles. The van der Waals surface area contributed by atoms with Crippen molar-refractivity contribution in [2.45, 2.75) is 0 Å². The predicted octanol–water partition coefficient (Wildman–Crippen LogP) is 2.59. The lowest BCUT2D eigenvalue weighted by molar-refractivity contribution is 0.994. The van der Waals surface area contributed by atoms with E-state index in [0.29, 0.717) is 5.02 Å². The minimum Gasteiger partial charge on any atom is -0.367 e. The third kappa shape index (κ3) is 5.65. The van der Waals surface area contributed by atoms with Crippen LogP contribution in [0.4, 0.5) is 0 Å². The molecule has 0 heterocycles. The Kier molecular flexibility index (Phi) is 5.92. The highest BCUT2D eigenvalue weighted by Crippen LogP contribution is 2.07. The zero-order valence-corrected chi connectivity index (χ0v) is 12.9. The third-order valence-corrected chi connectivity index (χ3v) is 2.94. The highest BCUT2D eigenvalue weighted by molar-refractivity contribution is 6.30. The molecule has 0 bridgehead atoms. The van der Waals surface area contributed by atoms with Gasteiger partial charge in [-0.1, -0.05) is 41.8 Å². The number of hydrogen-bond acceptors (Lipinski definition) is 3. The van der Waals surface area contributed by atoms with Crippen LogP contribution < -0.4 is 11.2 Å². The molecule has 0 spiro atoms. The van der Waals surface area contributed by atoms with Gasteiger partial charge in [0.05, 0.1) is 12.4 Å². The molecule has 6 heteroatoms. The Morgan fingerprint density at radius 1 is 1.13 bits per heavy atom. The SMILES string of the molecule is C#Cc1cccc(C=NNC(N)=NN=Cc2ccc(Cl)cc2)c1. The van der Waals surface area contributed by atoms with Crippen molar-refractivity contribution in [2.24, 2.45) is 21.0 Å². The van der Waals surface area contributed by atoms with Crippen LogP contribution in [0.1, 0.15) is 16.7 Å². The van der Waals surface area contributed by atoms with Crippen molar-refractivity contribution < 1.29 is 0 Å². The number of rotatable bonds is 4. The molecule has 0 amide bonds. The number of nitrogens with two attached hydrogens (primary N) is 1. The van der Waals surface area contributed by atoms with Crippen LogP contribution in [0.2, 0.25) is 5.02 Å². The van der Waals surface area contributed by atoms with E-state index in [9.17, 15) is 0 Å². The molecule has 0 unspecified atom stereocenters. The van der Waals surface area contributed by atoms with Crippen LogP contribution in [0.5, 0.6) is 0 Å². The van der Waals surface area contributed by atoms with Crippen LogP contribution in [0.3, 0.4) is 0 Å². The summed E-state index contributed by atoms with van der Waals surface area (Å²) in [5.41, 5.74) is 10.7. The number of nitrogens with one attached hydrogen (secondary N) is 1. The standard InChI is InChI=1S/C17H14ClN5/c1-2-13-4-3-5-15(10-13)12-21-23-17(19)22-20-11-14-6-8-16(18)9-7-14/h1,3-12H,(H3,19,22,23). The summed E-state index contributed by atoms with van der Waals surface area (Å²) in [5, 5.41) is 12.3. The molecule has 23 heavy (non-hydrogen) atoms. The first-order valence-corrected chi connectivity index (χ1v) is 7.03. The molecule has 0 atom stereocenters. The topological polar surface area (TPSA) is 75.1 Å². The molecule has 0 aliphatic rings. The fraction of sp³-hybridized carbons (Fsp3) is 0. The van der Waals surface area contributed by atoms with E-state index in [1.165, 1.54) is 0 Å². The van der Waals surface area contributed by atoms with Gasteiger partial charge in [0.2, 0.25) is 5.96 Å². The molecular weight excluding hydrogens is 310 g/mol. The van der Waals surface area contributed by atoms with E-state index < -0.39 is 0 Å². The monoisotopic (exact) mass is 323 g/mol. The fourth-order valence-electron chi connectivity index (χ4n) is 1.61. The smallest absolute Gasteiger partial charge is 0.234 e. The van der Waals surface area contributed by atoms with Gasteiger partial charge in [0, 0.05) is 10.6 Å². The highest BCUT2D eigenvalue weighted by atomic mass is 35.5. The second kappa shape index (κ2) is 8.37. The van der Waals surface area contributed by atoms with Gasteiger partial charge >= 0.3 is 0 Å². The van der Waals surface area contributed by atoms with Crippen LogP contribution >= 0.6 is 11.6 Å². The van der Waals surface area contributed by atoms with E-state index in [-0.39, 0.29) is 5.96 Å². The molecular formula is C17H14ClN5. The Balaban J connectivity index is 1.90. The van der Waals surface area contributed by atoms with Crippen molar-refractivity contribution in [3.05, 3.63) is 70.2 Å². The Labute approximate surface area is 139 Å². The first-order valence-electron chi connectivity index (χ1n) is 6.65. The van der Waals surface area contributed by atoms with Crippen molar-refractivity contribution in [2.75, 3.05) is 0 Å². The van der Waals surface area contributed by atoms with Crippen molar-refractivity contribution in [1.29, 1.82) is 0 Å². The van der Waals surface area contributed by atoms with Gasteiger partial charge in [-0.25, -0.2) is 5.43 Å². The van der Waals surface area contributed by atoms with Crippen LogP contribution in [0.25, 0.3) is 0 Å². The molecule has 114 valence electrons. The molecule has 0 radical (unpaired) electrons. The lowest BCUT2D eigenvalue weighted by Gasteiger charge is -1.97. The Hall–Kier alpha value is -3.10. The van der Waals surface area contributed by atoms with Crippen LogP contribution in [-0.4, -0.2) is 18.4 Å². The molecule has 0 aliphatic heterocycles. The van der Waals surface area contributed by atoms with Gasteiger partial charge < -0.3 is 5.73 Å². The van der Waals surface area contributed by atoms with Crippen molar-refractivity contribution in [1.82, 2.24) is 5.43 Å². The van der Waals surface area contributed by atoms with Gasteiger partial charge in [0.25, 0.3) is 0 Å². The summed E-state index contributed by atoms with van der Waals surface area (Å²) in [6.45, 7) is 0. The summed E-state index contributed by atoms with van der Waals surface area (Å²) >= 11 is 5.79. The summed E-state index contributed by atoms with van der Waals surface area (Å²) in [4.78, 5) is 0.